The van der Waals surface area contributed by atoms with Crippen molar-refractivity contribution in [2.45, 2.75) is 41.0 Å². The third-order valence-electron chi connectivity index (χ3n) is 2.16. The number of rotatable bonds is 1. The Bertz CT molecular complexity index is 161. The van der Waals surface area contributed by atoms with Crippen LogP contribution in [0.15, 0.2) is 23.3 Å². The molecular formula is C11H20. The molecule has 0 amide bonds. The molecule has 1 rings (SSSR count). The van der Waals surface area contributed by atoms with Crippen molar-refractivity contribution >= 4 is 0 Å². The van der Waals surface area contributed by atoms with E-state index in [1.165, 1.54) is 12.0 Å². The molecule has 0 radical (unpaired) electrons. The fraction of sp³-hybridized carbons (Fsp3) is 0.636. The highest BCUT2D eigenvalue weighted by atomic mass is 14.1. The van der Waals surface area contributed by atoms with E-state index in [1.807, 2.05) is 13.8 Å². The Balaban J connectivity index is 0.000000461. The van der Waals surface area contributed by atoms with Crippen molar-refractivity contribution in [1.82, 2.24) is 0 Å². The van der Waals surface area contributed by atoms with E-state index in [1.54, 1.807) is 5.57 Å². The van der Waals surface area contributed by atoms with Gasteiger partial charge in [0.15, 0.2) is 0 Å². The van der Waals surface area contributed by atoms with Gasteiger partial charge in [0.2, 0.25) is 0 Å². The van der Waals surface area contributed by atoms with Crippen LogP contribution in [0.3, 0.4) is 0 Å². The lowest BCUT2D eigenvalue weighted by Gasteiger charge is -2.01. The lowest BCUT2D eigenvalue weighted by atomic mass is 10.0. The average molecular weight is 152 g/mol. The first-order chi connectivity index (χ1) is 5.25. The first-order valence-corrected chi connectivity index (χ1v) is 4.63. The minimum atomic E-state index is 0.694. The van der Waals surface area contributed by atoms with Gasteiger partial charge in [-0.2, -0.15) is 0 Å². The van der Waals surface area contributed by atoms with Crippen molar-refractivity contribution in [3.63, 3.8) is 0 Å². The summed E-state index contributed by atoms with van der Waals surface area (Å²) >= 11 is 0. The second kappa shape index (κ2) is 5.17. The minimum absolute atomic E-state index is 0.694. The van der Waals surface area contributed by atoms with Gasteiger partial charge >= 0.3 is 0 Å². The first kappa shape index (κ1) is 10.5. The van der Waals surface area contributed by atoms with Crippen molar-refractivity contribution in [2.75, 3.05) is 0 Å². The van der Waals surface area contributed by atoms with E-state index in [4.69, 9.17) is 0 Å². The molecule has 64 valence electrons. The van der Waals surface area contributed by atoms with Crippen LogP contribution < -0.4 is 0 Å². The molecule has 1 aliphatic rings. The molecule has 0 saturated heterocycles. The lowest BCUT2D eigenvalue weighted by Crippen LogP contribution is -1.87. The maximum Gasteiger partial charge on any atom is -0.00454 e. The van der Waals surface area contributed by atoms with Crippen LogP contribution >= 0.6 is 0 Å². The predicted molar refractivity (Wildman–Crippen MR) is 52.6 cm³/mol. The van der Waals surface area contributed by atoms with Crippen molar-refractivity contribution in [3.05, 3.63) is 23.3 Å². The fourth-order valence-corrected chi connectivity index (χ4v) is 1.23. The van der Waals surface area contributed by atoms with Gasteiger partial charge in [-0.25, -0.2) is 0 Å². The van der Waals surface area contributed by atoms with Crippen LogP contribution in [0.4, 0.5) is 0 Å². The minimum Gasteiger partial charge on any atom is -0.0773 e. The number of hydrogen-bond donors (Lipinski definition) is 0. The van der Waals surface area contributed by atoms with Gasteiger partial charge in [-0.3, -0.25) is 0 Å². The summed E-state index contributed by atoms with van der Waals surface area (Å²) in [7, 11) is 0. The first-order valence-electron chi connectivity index (χ1n) is 4.63. The van der Waals surface area contributed by atoms with Gasteiger partial charge in [-0.1, -0.05) is 45.4 Å². The Hall–Kier alpha value is -0.520. The second-order valence-electron chi connectivity index (χ2n) is 2.71. The third-order valence-corrected chi connectivity index (χ3v) is 2.16. The predicted octanol–water partition coefficient (Wildman–Crippen LogP) is 3.95. The quantitative estimate of drug-likeness (QED) is 0.534. The van der Waals surface area contributed by atoms with Crippen LogP contribution in [0.1, 0.15) is 41.0 Å². The van der Waals surface area contributed by atoms with E-state index in [0.29, 0.717) is 5.92 Å². The maximum absolute atomic E-state index is 2.27. The summed E-state index contributed by atoms with van der Waals surface area (Å²) in [6, 6.07) is 0. The van der Waals surface area contributed by atoms with Gasteiger partial charge in [-0.05, 0) is 24.8 Å². The zero-order valence-corrected chi connectivity index (χ0v) is 8.44. The van der Waals surface area contributed by atoms with Crippen molar-refractivity contribution in [2.24, 2.45) is 5.92 Å². The van der Waals surface area contributed by atoms with Crippen LogP contribution in [0, 0.1) is 5.92 Å². The molecule has 0 bridgehead atoms. The van der Waals surface area contributed by atoms with Crippen molar-refractivity contribution < 1.29 is 0 Å². The zero-order valence-electron chi connectivity index (χ0n) is 8.44. The summed E-state index contributed by atoms with van der Waals surface area (Å²) in [5.41, 5.74) is 3.08. The topological polar surface area (TPSA) is 0 Å². The molecule has 0 aromatic carbocycles. The van der Waals surface area contributed by atoms with Crippen LogP contribution in [-0.4, -0.2) is 0 Å². The van der Waals surface area contributed by atoms with Gasteiger partial charge in [-0.15, -0.1) is 0 Å². The Kier molecular flexibility index (Phi) is 4.93. The molecule has 1 unspecified atom stereocenters. The lowest BCUT2D eigenvalue weighted by molar-refractivity contribution is 0.868. The summed E-state index contributed by atoms with van der Waals surface area (Å²) in [6.07, 6.45) is 5.71. The zero-order chi connectivity index (χ0) is 8.85. The number of hydrogen-bond acceptors (Lipinski definition) is 0. The third kappa shape index (κ3) is 2.53. The molecule has 0 aromatic heterocycles. The van der Waals surface area contributed by atoms with Gasteiger partial charge in [0.25, 0.3) is 0 Å². The van der Waals surface area contributed by atoms with Gasteiger partial charge < -0.3 is 0 Å². The molecular weight excluding hydrogens is 132 g/mol. The van der Waals surface area contributed by atoms with E-state index in [0.717, 1.165) is 0 Å². The molecule has 0 aromatic rings. The monoisotopic (exact) mass is 152 g/mol. The normalized spacial score (nSPS) is 21.7. The maximum atomic E-state index is 2.27. The Morgan fingerprint density at radius 3 is 2.09 bits per heavy atom. The highest BCUT2D eigenvalue weighted by Gasteiger charge is 2.09. The number of allylic oxidation sites excluding steroid dienone is 4. The van der Waals surface area contributed by atoms with Crippen molar-refractivity contribution in [3.8, 4) is 0 Å². The SMILES string of the molecule is CC.CCC1=C(C)C(C)C=C1. The second-order valence-corrected chi connectivity index (χ2v) is 2.71. The Morgan fingerprint density at radius 1 is 1.36 bits per heavy atom. The van der Waals surface area contributed by atoms with E-state index in [-0.39, 0.29) is 0 Å². The van der Waals surface area contributed by atoms with Gasteiger partial charge in [0.1, 0.15) is 0 Å². The van der Waals surface area contributed by atoms with Crippen LogP contribution in [0.5, 0.6) is 0 Å². The summed E-state index contributed by atoms with van der Waals surface area (Å²) in [6.45, 7) is 10.7. The molecule has 0 heteroatoms. The molecule has 0 nitrogen and oxygen atoms in total. The molecule has 0 aliphatic heterocycles. The van der Waals surface area contributed by atoms with E-state index in [2.05, 4.69) is 32.9 Å². The Morgan fingerprint density at radius 2 is 1.91 bits per heavy atom. The molecule has 0 fully saturated rings. The fourth-order valence-electron chi connectivity index (χ4n) is 1.23. The molecule has 1 aliphatic carbocycles. The van der Waals surface area contributed by atoms with Gasteiger partial charge in [0.05, 0.1) is 0 Å². The highest BCUT2D eigenvalue weighted by molar-refractivity contribution is 5.34. The van der Waals surface area contributed by atoms with Crippen LogP contribution in [-0.2, 0) is 0 Å². The molecule has 1 atom stereocenters. The largest absolute Gasteiger partial charge is 0.0773 e. The summed E-state index contributed by atoms with van der Waals surface area (Å²) < 4.78 is 0. The summed E-state index contributed by atoms with van der Waals surface area (Å²) in [4.78, 5) is 0. The molecule has 0 heterocycles. The van der Waals surface area contributed by atoms with Crippen LogP contribution in [0.2, 0.25) is 0 Å². The van der Waals surface area contributed by atoms with E-state index in [9.17, 15) is 0 Å². The summed E-state index contributed by atoms with van der Waals surface area (Å²) in [5.74, 6) is 0.694. The Labute approximate surface area is 71.0 Å². The molecule has 0 saturated carbocycles. The average Bonchev–Trinajstić information content (AvgIpc) is 2.37. The van der Waals surface area contributed by atoms with Gasteiger partial charge in [0, 0.05) is 0 Å². The molecule has 11 heavy (non-hydrogen) atoms. The highest BCUT2D eigenvalue weighted by Crippen LogP contribution is 2.25. The standard InChI is InChI=1S/C9H14.C2H6/c1-4-9-6-5-7(2)8(9)3;1-2/h5-7H,4H2,1-3H3;1-2H3. The molecule has 0 spiro atoms. The van der Waals surface area contributed by atoms with Crippen LogP contribution in [0.25, 0.3) is 0 Å². The van der Waals surface area contributed by atoms with Crippen molar-refractivity contribution in [1.29, 1.82) is 0 Å². The van der Waals surface area contributed by atoms with E-state index < -0.39 is 0 Å². The summed E-state index contributed by atoms with van der Waals surface area (Å²) in [5, 5.41) is 0. The van der Waals surface area contributed by atoms with E-state index >= 15 is 0 Å². The molecule has 0 N–H and O–H groups in total. The smallest absolute Gasteiger partial charge is 0.00454 e.